The molecule has 0 radical (unpaired) electrons. The molecule has 0 saturated carbocycles. The van der Waals surface area contributed by atoms with E-state index in [0.717, 1.165) is 57.3 Å². The van der Waals surface area contributed by atoms with Gasteiger partial charge in [-0.2, -0.15) is 0 Å². The van der Waals surface area contributed by atoms with Crippen molar-refractivity contribution < 1.29 is 15.3 Å². The summed E-state index contributed by atoms with van der Waals surface area (Å²) in [7, 11) is 0. The number of phenols is 3. The van der Waals surface area contributed by atoms with Crippen LogP contribution in [0.15, 0.2) is 36.4 Å². The SMILES string of the molecule is CCCCCCCCCc1cc(Cc2cc(C)cc(C(C)(C)C)c2O)c(O)c(Cc2cc(C)cc(C(C)(C)C)c2O)c1. The van der Waals surface area contributed by atoms with Crippen molar-refractivity contribution in [2.45, 2.75) is 137 Å². The molecule has 0 heterocycles. The molecule has 3 heteroatoms. The Morgan fingerprint density at radius 2 is 0.881 bits per heavy atom. The van der Waals surface area contributed by atoms with Crippen LogP contribution in [0.5, 0.6) is 17.2 Å². The van der Waals surface area contributed by atoms with Crippen molar-refractivity contribution in [3.05, 3.63) is 86.5 Å². The van der Waals surface area contributed by atoms with E-state index in [1.54, 1.807) is 0 Å². The van der Waals surface area contributed by atoms with E-state index in [1.165, 1.54) is 44.1 Å². The lowest BCUT2D eigenvalue weighted by atomic mass is 9.82. The Labute approximate surface area is 256 Å². The molecule has 3 aromatic rings. The Kier molecular flexibility index (Phi) is 11.2. The number of aryl methyl sites for hydroxylation is 3. The van der Waals surface area contributed by atoms with Crippen LogP contribution in [0.2, 0.25) is 0 Å². The van der Waals surface area contributed by atoms with Gasteiger partial charge < -0.3 is 15.3 Å². The normalized spacial score (nSPS) is 12.2. The van der Waals surface area contributed by atoms with Crippen LogP contribution in [0.1, 0.15) is 143 Å². The highest BCUT2D eigenvalue weighted by atomic mass is 16.3. The van der Waals surface area contributed by atoms with Gasteiger partial charge in [0.1, 0.15) is 17.2 Å². The summed E-state index contributed by atoms with van der Waals surface area (Å²) in [6.45, 7) is 19.1. The van der Waals surface area contributed by atoms with Crippen molar-refractivity contribution in [3.63, 3.8) is 0 Å². The number of phenolic OH excluding ortho intramolecular Hbond substituents is 3. The minimum atomic E-state index is -0.190. The van der Waals surface area contributed by atoms with Crippen LogP contribution in [-0.4, -0.2) is 15.3 Å². The van der Waals surface area contributed by atoms with Gasteiger partial charge in [0.05, 0.1) is 0 Å². The molecule has 0 amide bonds. The number of rotatable bonds is 12. The molecule has 0 unspecified atom stereocenters. The van der Waals surface area contributed by atoms with Crippen LogP contribution in [0.25, 0.3) is 0 Å². The Morgan fingerprint density at radius 1 is 0.500 bits per heavy atom. The van der Waals surface area contributed by atoms with Gasteiger partial charge in [0.2, 0.25) is 0 Å². The van der Waals surface area contributed by atoms with Gasteiger partial charge in [0.25, 0.3) is 0 Å². The number of hydrogen-bond acceptors (Lipinski definition) is 3. The van der Waals surface area contributed by atoms with Crippen LogP contribution in [0.4, 0.5) is 0 Å². The van der Waals surface area contributed by atoms with Gasteiger partial charge in [-0.1, -0.05) is 135 Å². The van der Waals surface area contributed by atoms with Crippen LogP contribution in [0, 0.1) is 13.8 Å². The Balaban J connectivity index is 2.01. The molecular weight excluding hydrogens is 516 g/mol. The monoisotopic (exact) mass is 572 g/mol. The first-order chi connectivity index (χ1) is 19.6. The van der Waals surface area contributed by atoms with Gasteiger partial charge in [-0.3, -0.25) is 0 Å². The summed E-state index contributed by atoms with van der Waals surface area (Å²) in [4.78, 5) is 0. The highest BCUT2D eigenvalue weighted by molar-refractivity contribution is 5.55. The molecular formula is C39H56O3. The standard InChI is InChI=1S/C39H56O3/c1-10-11-12-13-14-15-16-17-28-22-31(24-29-18-26(2)20-33(36(29)41)38(4,5)6)35(40)32(23-28)25-30-19-27(3)21-34(37(30)42)39(7,8)9/h18-23,40-42H,10-17,24-25H2,1-9H3. The molecule has 0 spiro atoms. The van der Waals surface area contributed by atoms with Crippen molar-refractivity contribution in [2.75, 3.05) is 0 Å². The van der Waals surface area contributed by atoms with Crippen molar-refractivity contribution in [1.82, 2.24) is 0 Å². The summed E-state index contributed by atoms with van der Waals surface area (Å²) in [6.07, 6.45) is 10.6. The Bertz CT molecular complexity index is 1260. The van der Waals surface area contributed by atoms with E-state index >= 15 is 0 Å². The van der Waals surface area contributed by atoms with Gasteiger partial charge in [0.15, 0.2) is 0 Å². The zero-order valence-corrected chi connectivity index (χ0v) is 27.9. The second-order valence-electron chi connectivity index (χ2n) is 14.6. The minimum absolute atomic E-state index is 0.190. The van der Waals surface area contributed by atoms with Crippen LogP contribution < -0.4 is 0 Å². The van der Waals surface area contributed by atoms with E-state index in [2.05, 4.69) is 86.6 Å². The number of unbranched alkanes of at least 4 members (excludes halogenated alkanes) is 6. The third-order valence-electron chi connectivity index (χ3n) is 8.44. The van der Waals surface area contributed by atoms with Crippen molar-refractivity contribution in [2.24, 2.45) is 0 Å². The molecule has 0 aliphatic rings. The predicted octanol–water partition coefficient (Wildman–Crippen LogP) is 10.5. The maximum Gasteiger partial charge on any atom is 0.122 e. The molecule has 0 bridgehead atoms. The van der Waals surface area contributed by atoms with Gasteiger partial charge in [-0.05, 0) is 76.5 Å². The summed E-state index contributed by atoms with van der Waals surface area (Å²) >= 11 is 0. The first-order valence-electron chi connectivity index (χ1n) is 16.1. The highest BCUT2D eigenvalue weighted by Gasteiger charge is 2.24. The van der Waals surface area contributed by atoms with E-state index in [4.69, 9.17) is 0 Å². The Morgan fingerprint density at radius 3 is 1.29 bits per heavy atom. The summed E-state index contributed by atoms with van der Waals surface area (Å²) in [5, 5.41) is 34.2. The lowest BCUT2D eigenvalue weighted by Crippen LogP contribution is -2.13. The first-order valence-corrected chi connectivity index (χ1v) is 16.1. The zero-order valence-electron chi connectivity index (χ0n) is 27.9. The molecule has 0 aliphatic carbocycles. The summed E-state index contributed by atoms with van der Waals surface area (Å²) in [6, 6.07) is 12.5. The van der Waals surface area contributed by atoms with E-state index in [1.807, 2.05) is 12.1 Å². The molecule has 0 atom stereocenters. The fraction of sp³-hybridized carbons (Fsp3) is 0.538. The smallest absolute Gasteiger partial charge is 0.122 e. The Hall–Kier alpha value is -2.94. The third kappa shape index (κ3) is 8.79. The van der Waals surface area contributed by atoms with Crippen molar-refractivity contribution in [3.8, 4) is 17.2 Å². The lowest BCUT2D eigenvalue weighted by molar-refractivity contribution is 0.438. The fourth-order valence-electron chi connectivity index (χ4n) is 6.06. The molecule has 0 aliphatic heterocycles. The quantitative estimate of drug-likeness (QED) is 0.189. The summed E-state index contributed by atoms with van der Waals surface area (Å²) in [5.41, 5.74) is 8.21. The van der Waals surface area contributed by atoms with Gasteiger partial charge >= 0.3 is 0 Å². The van der Waals surface area contributed by atoms with Gasteiger partial charge in [-0.15, -0.1) is 0 Å². The lowest BCUT2D eigenvalue weighted by Gasteiger charge is -2.24. The maximum atomic E-state index is 11.6. The number of aromatic hydroxyl groups is 3. The van der Waals surface area contributed by atoms with E-state index < -0.39 is 0 Å². The summed E-state index contributed by atoms with van der Waals surface area (Å²) < 4.78 is 0. The number of benzene rings is 3. The largest absolute Gasteiger partial charge is 0.507 e. The van der Waals surface area contributed by atoms with Gasteiger partial charge in [0, 0.05) is 12.8 Å². The molecule has 3 nitrogen and oxygen atoms in total. The third-order valence-corrected chi connectivity index (χ3v) is 8.44. The summed E-state index contributed by atoms with van der Waals surface area (Å²) in [5.74, 6) is 0.894. The van der Waals surface area contributed by atoms with Crippen molar-refractivity contribution in [1.29, 1.82) is 0 Å². The molecule has 230 valence electrons. The molecule has 3 aromatic carbocycles. The average Bonchev–Trinajstić information content (AvgIpc) is 2.88. The van der Waals surface area contributed by atoms with Gasteiger partial charge in [-0.25, -0.2) is 0 Å². The molecule has 3 rings (SSSR count). The maximum absolute atomic E-state index is 11.6. The second kappa shape index (κ2) is 14.0. The average molecular weight is 573 g/mol. The zero-order chi connectivity index (χ0) is 31.2. The second-order valence-corrected chi connectivity index (χ2v) is 14.6. The number of hydrogen-bond donors (Lipinski definition) is 3. The van der Waals surface area contributed by atoms with Crippen LogP contribution in [0.3, 0.4) is 0 Å². The van der Waals surface area contributed by atoms with E-state index in [-0.39, 0.29) is 16.6 Å². The molecule has 42 heavy (non-hydrogen) atoms. The van der Waals surface area contributed by atoms with E-state index in [9.17, 15) is 15.3 Å². The molecule has 3 N–H and O–H groups in total. The molecule has 0 aromatic heterocycles. The first kappa shape index (κ1) is 33.6. The van der Waals surface area contributed by atoms with E-state index in [0.29, 0.717) is 24.3 Å². The topological polar surface area (TPSA) is 60.7 Å². The minimum Gasteiger partial charge on any atom is -0.507 e. The van der Waals surface area contributed by atoms with Crippen LogP contribution in [-0.2, 0) is 30.1 Å². The predicted molar refractivity (Wildman–Crippen MR) is 179 cm³/mol. The molecule has 0 saturated heterocycles. The van der Waals surface area contributed by atoms with Crippen LogP contribution >= 0.6 is 0 Å². The van der Waals surface area contributed by atoms with Crippen molar-refractivity contribution >= 4 is 0 Å². The molecule has 0 fully saturated rings. The fourth-order valence-corrected chi connectivity index (χ4v) is 6.06. The highest BCUT2D eigenvalue weighted by Crippen LogP contribution is 2.40.